The van der Waals surface area contributed by atoms with Crippen molar-refractivity contribution in [2.45, 2.75) is 19.4 Å². The number of benzene rings is 1. The van der Waals surface area contributed by atoms with Crippen LogP contribution in [0.15, 0.2) is 30.3 Å². The summed E-state index contributed by atoms with van der Waals surface area (Å²) in [6, 6.07) is 8.09. The van der Waals surface area contributed by atoms with Crippen molar-refractivity contribution in [1.29, 1.82) is 0 Å². The second-order valence-corrected chi connectivity index (χ2v) is 5.77. The standard InChI is InChI=1S/C13H12ClFOS/c1-8-6-7-11(17-8)13(2,16)12-9(14)4-3-5-10(12)15/h3-7,16H,1-2H3. The van der Waals surface area contributed by atoms with Gasteiger partial charge in [0, 0.05) is 20.3 Å². The minimum atomic E-state index is -1.40. The van der Waals surface area contributed by atoms with E-state index in [-0.39, 0.29) is 10.6 Å². The molecule has 0 bridgehead atoms. The molecule has 0 aliphatic rings. The molecule has 1 atom stereocenters. The summed E-state index contributed by atoms with van der Waals surface area (Å²) >= 11 is 7.41. The van der Waals surface area contributed by atoms with Crippen molar-refractivity contribution in [3.05, 3.63) is 56.5 Å². The Kier molecular flexibility index (Phi) is 3.25. The van der Waals surface area contributed by atoms with Gasteiger partial charge in [0.15, 0.2) is 0 Å². The smallest absolute Gasteiger partial charge is 0.131 e. The van der Waals surface area contributed by atoms with Gasteiger partial charge in [-0.05, 0) is 38.1 Å². The van der Waals surface area contributed by atoms with Crippen LogP contribution in [0.5, 0.6) is 0 Å². The Labute approximate surface area is 108 Å². The predicted molar refractivity (Wildman–Crippen MR) is 69.1 cm³/mol. The monoisotopic (exact) mass is 270 g/mol. The van der Waals surface area contributed by atoms with Gasteiger partial charge in [-0.15, -0.1) is 11.3 Å². The van der Waals surface area contributed by atoms with E-state index in [1.165, 1.54) is 23.5 Å². The molecule has 2 rings (SSSR count). The van der Waals surface area contributed by atoms with Crippen LogP contribution in [-0.2, 0) is 5.60 Å². The average molecular weight is 271 g/mol. The van der Waals surface area contributed by atoms with Crippen molar-refractivity contribution in [1.82, 2.24) is 0 Å². The van der Waals surface area contributed by atoms with Crippen molar-refractivity contribution < 1.29 is 9.50 Å². The summed E-state index contributed by atoms with van der Waals surface area (Å²) in [4.78, 5) is 1.75. The highest BCUT2D eigenvalue weighted by molar-refractivity contribution is 7.12. The van der Waals surface area contributed by atoms with Crippen LogP contribution in [0.25, 0.3) is 0 Å². The number of rotatable bonds is 2. The van der Waals surface area contributed by atoms with Crippen molar-refractivity contribution in [3.8, 4) is 0 Å². The fourth-order valence-electron chi connectivity index (χ4n) is 1.78. The maximum absolute atomic E-state index is 13.8. The molecular formula is C13H12ClFOS. The maximum Gasteiger partial charge on any atom is 0.131 e. The second-order valence-electron chi connectivity index (χ2n) is 4.08. The van der Waals surface area contributed by atoms with Crippen molar-refractivity contribution in [3.63, 3.8) is 0 Å². The first-order chi connectivity index (χ1) is 7.93. The molecule has 2 aromatic rings. The first kappa shape index (κ1) is 12.6. The number of hydrogen-bond donors (Lipinski definition) is 1. The highest BCUT2D eigenvalue weighted by Crippen LogP contribution is 2.38. The second kappa shape index (κ2) is 4.41. The summed E-state index contributed by atoms with van der Waals surface area (Å²) < 4.78 is 13.8. The molecule has 0 saturated heterocycles. The minimum absolute atomic E-state index is 0.128. The summed E-state index contributed by atoms with van der Waals surface area (Å²) in [7, 11) is 0. The zero-order valence-corrected chi connectivity index (χ0v) is 11.1. The molecule has 0 amide bonds. The molecule has 90 valence electrons. The SMILES string of the molecule is Cc1ccc(C(C)(O)c2c(F)cccc2Cl)s1. The zero-order chi connectivity index (χ0) is 12.6. The van der Waals surface area contributed by atoms with E-state index in [1.54, 1.807) is 19.1 Å². The Morgan fingerprint density at radius 1 is 1.29 bits per heavy atom. The third-order valence-corrected chi connectivity index (χ3v) is 4.20. The van der Waals surface area contributed by atoms with Gasteiger partial charge < -0.3 is 5.11 Å². The number of thiophene rings is 1. The molecular weight excluding hydrogens is 259 g/mol. The van der Waals surface area contributed by atoms with Gasteiger partial charge in [0.05, 0.1) is 0 Å². The van der Waals surface area contributed by atoms with E-state index in [2.05, 4.69) is 0 Å². The summed E-state index contributed by atoms with van der Waals surface area (Å²) in [6.07, 6.45) is 0. The lowest BCUT2D eigenvalue weighted by molar-refractivity contribution is 0.102. The molecule has 17 heavy (non-hydrogen) atoms. The lowest BCUT2D eigenvalue weighted by Gasteiger charge is -2.24. The highest BCUT2D eigenvalue weighted by Gasteiger charge is 2.32. The van der Waals surface area contributed by atoms with E-state index in [4.69, 9.17) is 11.6 Å². The van der Waals surface area contributed by atoms with Crippen LogP contribution in [0, 0.1) is 12.7 Å². The molecule has 4 heteroatoms. The molecule has 0 saturated carbocycles. The molecule has 0 fully saturated rings. The summed E-state index contributed by atoms with van der Waals surface area (Å²) in [6.45, 7) is 3.50. The maximum atomic E-state index is 13.8. The Balaban J connectivity index is 2.59. The fourth-order valence-corrected chi connectivity index (χ4v) is 3.05. The van der Waals surface area contributed by atoms with Crippen LogP contribution in [0.1, 0.15) is 22.2 Å². The topological polar surface area (TPSA) is 20.2 Å². The van der Waals surface area contributed by atoms with Crippen molar-refractivity contribution >= 4 is 22.9 Å². The minimum Gasteiger partial charge on any atom is -0.380 e. The number of halogens is 2. The highest BCUT2D eigenvalue weighted by atomic mass is 35.5. The molecule has 1 nitrogen and oxygen atoms in total. The quantitative estimate of drug-likeness (QED) is 0.871. The largest absolute Gasteiger partial charge is 0.380 e. The van der Waals surface area contributed by atoms with Crippen LogP contribution >= 0.6 is 22.9 Å². The third kappa shape index (κ3) is 2.23. The van der Waals surface area contributed by atoms with Gasteiger partial charge in [-0.2, -0.15) is 0 Å². The van der Waals surface area contributed by atoms with Gasteiger partial charge in [-0.25, -0.2) is 4.39 Å². The molecule has 1 aromatic heterocycles. The molecule has 1 unspecified atom stereocenters. The van der Waals surface area contributed by atoms with Crippen molar-refractivity contribution in [2.75, 3.05) is 0 Å². The van der Waals surface area contributed by atoms with Crippen molar-refractivity contribution in [2.24, 2.45) is 0 Å². The molecule has 1 N–H and O–H groups in total. The van der Waals surface area contributed by atoms with Crippen LogP contribution in [-0.4, -0.2) is 5.11 Å². The Morgan fingerprint density at radius 2 is 2.00 bits per heavy atom. The molecule has 0 aliphatic heterocycles. The lowest BCUT2D eigenvalue weighted by atomic mass is 9.94. The first-order valence-corrected chi connectivity index (χ1v) is 6.36. The van der Waals surface area contributed by atoms with E-state index < -0.39 is 11.4 Å². The van der Waals surface area contributed by atoms with Crippen LogP contribution in [0.2, 0.25) is 5.02 Å². The Bertz CT molecular complexity index is 528. The number of hydrogen-bond acceptors (Lipinski definition) is 2. The van der Waals surface area contributed by atoms with Gasteiger partial charge >= 0.3 is 0 Å². The number of aryl methyl sites for hydroxylation is 1. The molecule has 0 aliphatic carbocycles. The Morgan fingerprint density at radius 3 is 2.53 bits per heavy atom. The predicted octanol–water partition coefficient (Wildman–Crippen LogP) is 4.10. The number of aliphatic hydroxyl groups is 1. The Hall–Kier alpha value is -0.900. The molecule has 1 heterocycles. The lowest BCUT2D eigenvalue weighted by Crippen LogP contribution is -2.23. The summed E-state index contributed by atoms with van der Waals surface area (Å²) in [5, 5.41) is 10.8. The van der Waals surface area contributed by atoms with E-state index >= 15 is 0 Å². The van der Waals surface area contributed by atoms with Gasteiger partial charge in [0.2, 0.25) is 0 Å². The van der Waals surface area contributed by atoms with Gasteiger partial charge in [0.25, 0.3) is 0 Å². The fraction of sp³-hybridized carbons (Fsp3) is 0.231. The van der Waals surface area contributed by atoms with E-state index in [0.717, 1.165) is 4.88 Å². The average Bonchev–Trinajstić information content (AvgIpc) is 2.64. The van der Waals surface area contributed by atoms with Gasteiger partial charge in [-0.1, -0.05) is 17.7 Å². The zero-order valence-electron chi connectivity index (χ0n) is 9.50. The molecule has 0 spiro atoms. The third-order valence-electron chi connectivity index (χ3n) is 2.67. The van der Waals surface area contributed by atoms with E-state index in [9.17, 15) is 9.50 Å². The molecule has 1 aromatic carbocycles. The summed E-state index contributed by atoms with van der Waals surface area (Å²) in [5.41, 5.74) is -1.27. The summed E-state index contributed by atoms with van der Waals surface area (Å²) in [5.74, 6) is -0.492. The van der Waals surface area contributed by atoms with Crippen LogP contribution in [0.3, 0.4) is 0 Å². The first-order valence-electron chi connectivity index (χ1n) is 5.16. The van der Waals surface area contributed by atoms with Crippen LogP contribution < -0.4 is 0 Å². The van der Waals surface area contributed by atoms with E-state index in [1.807, 2.05) is 13.0 Å². The van der Waals surface area contributed by atoms with Gasteiger partial charge in [-0.3, -0.25) is 0 Å². The van der Waals surface area contributed by atoms with Gasteiger partial charge in [0.1, 0.15) is 11.4 Å². The van der Waals surface area contributed by atoms with E-state index in [0.29, 0.717) is 4.88 Å². The molecule has 0 radical (unpaired) electrons. The van der Waals surface area contributed by atoms with Crippen LogP contribution in [0.4, 0.5) is 4.39 Å². The normalized spacial score (nSPS) is 14.6.